The van der Waals surface area contributed by atoms with Gasteiger partial charge in [0.2, 0.25) is 0 Å². The predicted molar refractivity (Wildman–Crippen MR) is 358 cm³/mol. The summed E-state index contributed by atoms with van der Waals surface area (Å²) < 4.78 is 26.1. The Morgan fingerprint density at radius 1 is 0.506 bits per heavy atom. The summed E-state index contributed by atoms with van der Waals surface area (Å²) in [5.41, 5.74) is 15.8. The van der Waals surface area contributed by atoms with Crippen molar-refractivity contribution in [1.82, 2.24) is 4.98 Å². The van der Waals surface area contributed by atoms with Crippen LogP contribution in [0.4, 0.5) is 4.79 Å². The molecule has 0 saturated heterocycles. The van der Waals surface area contributed by atoms with Crippen molar-refractivity contribution >= 4 is 143 Å². The van der Waals surface area contributed by atoms with Crippen LogP contribution in [0, 0.1) is 0 Å². The van der Waals surface area contributed by atoms with Crippen molar-refractivity contribution < 1.29 is 53.1 Å². The Balaban J connectivity index is 0.000000190. The molecular weight excluding hydrogens is 1250 g/mol. The van der Waals surface area contributed by atoms with E-state index in [1.807, 2.05) is 123 Å². The molecule has 0 unspecified atom stereocenters. The Morgan fingerprint density at radius 2 is 0.828 bits per heavy atom. The maximum atomic E-state index is 12.6. The maximum absolute atomic E-state index is 12.6. The summed E-state index contributed by atoms with van der Waals surface area (Å²) in [5.74, 6) is 0.803. The van der Waals surface area contributed by atoms with Crippen LogP contribution in [0.25, 0.3) is 42.9 Å². The van der Waals surface area contributed by atoms with Crippen LogP contribution < -0.4 is 40.0 Å². The van der Waals surface area contributed by atoms with Crippen LogP contribution in [0.1, 0.15) is 66.3 Å². The summed E-state index contributed by atoms with van der Waals surface area (Å²) in [6.45, 7) is 5.34. The summed E-state index contributed by atoms with van der Waals surface area (Å²) in [5, 5.41) is 24.8. The quantitative estimate of drug-likeness (QED) is 0.0260. The topological polar surface area (TPSA) is 237 Å². The Bertz CT molecular complexity index is 4110. The number of benzene rings is 9. The molecule has 0 spiro atoms. The van der Waals surface area contributed by atoms with Crippen LogP contribution in [0.15, 0.2) is 187 Å². The number of hydrogen-bond donors (Lipinski definition) is 4. The van der Waals surface area contributed by atoms with E-state index in [0.717, 1.165) is 93.3 Å². The number of rotatable bonds is 14. The number of carbonyl (C=O) groups excluding carboxylic acids is 3. The lowest BCUT2D eigenvalue weighted by Gasteiger charge is -2.13. The predicted octanol–water partition coefficient (Wildman–Crippen LogP) is 15.6. The molecule has 0 aliphatic carbocycles. The molecule has 0 aliphatic rings. The third-order valence-corrected chi connectivity index (χ3v) is 16.5. The van der Waals surface area contributed by atoms with Gasteiger partial charge < -0.3 is 45.4 Å². The van der Waals surface area contributed by atoms with Crippen molar-refractivity contribution in [3.8, 4) is 45.1 Å². The lowest BCUT2D eigenvalue weighted by Crippen LogP contribution is -2.16. The highest BCUT2D eigenvalue weighted by molar-refractivity contribution is 8.34. The molecule has 1 aromatic heterocycles. The van der Waals surface area contributed by atoms with E-state index >= 15 is 0 Å². The smallest absolute Gasteiger partial charge is 0.337 e. The number of ether oxygens (including phenoxy) is 5. The average Bonchev–Trinajstić information content (AvgIpc) is 3.12. The molecule has 15 nitrogen and oxygen atoms in total. The number of phenolic OH excluding ortho intramolecular Hbond substituents is 1. The third-order valence-electron chi connectivity index (χ3n) is 13.1. The lowest BCUT2D eigenvalue weighted by atomic mass is 9.98. The van der Waals surface area contributed by atoms with E-state index in [1.165, 1.54) is 10.3 Å². The molecule has 0 fully saturated rings. The fourth-order valence-corrected chi connectivity index (χ4v) is 9.95. The van der Waals surface area contributed by atoms with Crippen LogP contribution in [-0.2, 0) is 14.4 Å². The molecule has 9 aromatic carbocycles. The summed E-state index contributed by atoms with van der Waals surface area (Å²) in [4.78, 5) is 61.1. The second-order valence-electron chi connectivity index (χ2n) is 18.8. The number of esters is 2. The first kappa shape index (κ1) is 67.7. The molecule has 10 rings (SSSR count). The van der Waals surface area contributed by atoms with Gasteiger partial charge in [0.1, 0.15) is 49.5 Å². The lowest BCUT2D eigenvalue weighted by molar-refractivity contribution is -0.138. The number of fused-ring (bicyclic) bond motifs is 3. The monoisotopic (exact) mass is 1300 g/mol. The first-order chi connectivity index (χ1) is 41.6. The summed E-state index contributed by atoms with van der Waals surface area (Å²) >= 11 is 14.3. The Morgan fingerprint density at radius 3 is 1.15 bits per heavy atom. The highest BCUT2D eigenvalue weighted by atomic mass is 35.7. The number of aromatic hydroxyl groups is 1. The van der Waals surface area contributed by atoms with Gasteiger partial charge in [0.05, 0.1) is 39.1 Å². The highest BCUT2D eigenvalue weighted by Gasteiger charge is 2.20. The van der Waals surface area contributed by atoms with Gasteiger partial charge in [-0.25, -0.2) is 0 Å². The highest BCUT2D eigenvalue weighted by Crippen LogP contribution is 2.31. The zero-order valence-corrected chi connectivity index (χ0v) is 53.0. The maximum Gasteiger partial charge on any atom is 0.337 e. The van der Waals surface area contributed by atoms with Gasteiger partial charge in [-0.15, -0.1) is 0 Å². The number of carbonyl (C=O) groups is 4. The van der Waals surface area contributed by atoms with Crippen molar-refractivity contribution in [2.24, 2.45) is 11.5 Å². The summed E-state index contributed by atoms with van der Waals surface area (Å²) in [6.07, 6.45) is 0. The van der Waals surface area contributed by atoms with E-state index in [0.29, 0.717) is 37.5 Å². The van der Waals surface area contributed by atoms with Crippen LogP contribution in [-0.4, -0.2) is 69.0 Å². The molecular formula is C65H57Cl2N3O12S5. The molecule has 0 aliphatic heterocycles. The second-order valence-corrected chi connectivity index (χ2v) is 23.3. The van der Waals surface area contributed by atoms with Crippen molar-refractivity contribution in [1.29, 1.82) is 0 Å². The van der Waals surface area contributed by atoms with E-state index in [2.05, 4.69) is 16.6 Å². The van der Waals surface area contributed by atoms with Crippen LogP contribution in [0.5, 0.6) is 34.5 Å². The average molecular weight is 1300 g/mol. The first-order valence-corrected chi connectivity index (χ1v) is 31.0. The standard InChI is InChI=1S/C22H17NO4S2.C21H19NO3S.C14H14O3.C7H7NOS.CCl2OS/c1-13(15-3-4-17-12-19(26-2)10-7-16(17)11-15)21(24)27-18-8-5-14(6-9-18)20-23-22(25)29-28-20;1-13(21(23)25-18-8-5-14(6-9-18)20(22)26)15-3-4-17-12-19(24-2)10-7-16(17)11-15;1-9(14(15)16)10-3-4-12-8-13(17-2)6-5-11(12)7-10;8-7(10)5-1-3-6(9)4-2-5;2-1(4)5-3/h3-13H,1-2H3;3-13H,1-2H3,(H2,22,26);3-9H,1-2H3,(H,15,16);1-4,9H,(H2,8,10);/t2*13-;9-;;/m000../s1. The van der Waals surface area contributed by atoms with Crippen LogP contribution in [0.2, 0.25) is 0 Å². The number of methoxy groups -OCH3 is 3. The number of phenols is 1. The molecule has 0 saturated carbocycles. The summed E-state index contributed by atoms with van der Waals surface area (Å²) in [7, 11) is 12.6. The van der Waals surface area contributed by atoms with Gasteiger partial charge in [-0.05, 0) is 212 Å². The number of thiocarbonyl (C=S) groups is 2. The molecule has 6 N–H and O–H groups in total. The van der Waals surface area contributed by atoms with Crippen molar-refractivity contribution in [2.45, 2.75) is 38.5 Å². The number of carboxylic acid groups (broad SMARTS) is 1. The summed E-state index contributed by atoms with van der Waals surface area (Å²) in [6, 6.07) is 55.2. The Kier molecular flexibility index (Phi) is 25.6. The SMILES string of the molecule is COc1ccc2cc([C@H](C)C(=O)O)ccc2c1.COc1ccc2cc([C@H](C)C(=O)Oc3ccc(-c4nc(=O)ss4)cc3)ccc2c1.COc1ccc2cc([C@H](C)C(=O)Oc3ccc(C(N)=S)cc3)ccc2c1.NC(=S)c1ccc(O)cc1.O=C(Cl)SCl. The van der Waals surface area contributed by atoms with Gasteiger partial charge in [0.25, 0.3) is 4.57 Å². The first-order valence-electron chi connectivity index (χ1n) is 26.0. The van der Waals surface area contributed by atoms with Crippen molar-refractivity contribution in [3.05, 3.63) is 219 Å². The van der Waals surface area contributed by atoms with Crippen molar-refractivity contribution in [2.75, 3.05) is 21.3 Å². The van der Waals surface area contributed by atoms with E-state index in [9.17, 15) is 24.0 Å². The van der Waals surface area contributed by atoms with Gasteiger partial charge in [0.15, 0.2) is 0 Å². The number of nitrogens with zero attached hydrogens (tertiary/aromatic N) is 1. The van der Waals surface area contributed by atoms with Crippen molar-refractivity contribution in [3.63, 3.8) is 0 Å². The third kappa shape index (κ3) is 20.0. The fourth-order valence-electron chi connectivity index (χ4n) is 8.03. The van der Waals surface area contributed by atoms with E-state index in [-0.39, 0.29) is 22.6 Å². The molecule has 3 atom stereocenters. The largest absolute Gasteiger partial charge is 0.508 e. The van der Waals surface area contributed by atoms with Crippen LogP contribution >= 0.6 is 78.4 Å². The zero-order chi connectivity index (χ0) is 63.3. The van der Waals surface area contributed by atoms with Crippen LogP contribution in [0.3, 0.4) is 0 Å². The van der Waals surface area contributed by atoms with Gasteiger partial charge in [0, 0.05) is 27.7 Å². The van der Waals surface area contributed by atoms with E-state index in [4.69, 9.17) is 80.5 Å². The number of halogens is 2. The van der Waals surface area contributed by atoms with Gasteiger partial charge >= 0.3 is 22.8 Å². The van der Waals surface area contributed by atoms with Gasteiger partial charge in [-0.3, -0.25) is 24.0 Å². The Labute approximate surface area is 533 Å². The second kappa shape index (κ2) is 32.9. The minimum absolute atomic E-state index is 0.205. The van der Waals surface area contributed by atoms with Gasteiger partial charge in [-0.2, -0.15) is 4.98 Å². The minimum atomic E-state index is -0.808. The molecule has 0 bridgehead atoms. The number of nitrogens with two attached hydrogens (primary N) is 2. The number of aromatic nitrogens is 1. The molecule has 22 heteroatoms. The minimum Gasteiger partial charge on any atom is -0.508 e. The molecule has 1 heterocycles. The molecule has 10 aromatic rings. The molecule has 0 amide bonds. The molecule has 0 radical (unpaired) electrons. The van der Waals surface area contributed by atoms with Gasteiger partial charge in [-0.1, -0.05) is 108 Å². The molecule has 87 heavy (non-hydrogen) atoms. The van der Waals surface area contributed by atoms with E-state index < -0.39 is 28.3 Å². The Hall–Kier alpha value is -8.47. The number of carboxylic acids is 1. The number of hydrogen-bond acceptors (Lipinski definition) is 17. The fraction of sp³-hybridized carbons (Fsp3) is 0.138. The molecule has 448 valence electrons. The van der Waals surface area contributed by atoms with E-state index in [1.54, 1.807) is 101 Å². The zero-order valence-electron chi connectivity index (χ0n) is 47.4. The number of aliphatic carboxylic acids is 1. The normalized spacial score (nSPS) is 11.4.